The Bertz CT molecular complexity index is 1600. The maximum Gasteiger partial charge on any atom is 0.256 e. The Morgan fingerprint density at radius 3 is 3.07 bits per heavy atom. The van der Waals surface area contributed by atoms with Crippen LogP contribution < -0.4 is 10.1 Å². The molecule has 0 spiro atoms. The van der Waals surface area contributed by atoms with Crippen LogP contribution in [-0.4, -0.2) is 22.8 Å². The van der Waals surface area contributed by atoms with Crippen molar-refractivity contribution in [1.82, 2.24) is 15.5 Å². The van der Waals surface area contributed by atoms with Gasteiger partial charge in [-0.05, 0) is 68.8 Å². The lowest BCUT2D eigenvalue weighted by molar-refractivity contribution is 0.244. The Morgan fingerprint density at radius 1 is 1.43 bits per heavy atom. The van der Waals surface area contributed by atoms with Crippen LogP contribution in [0.4, 0.5) is 5.69 Å². The summed E-state index contributed by atoms with van der Waals surface area (Å²) in [4.78, 5) is 7.42. The van der Waals surface area contributed by atoms with Crippen molar-refractivity contribution >= 4 is 5.69 Å². The standard InChI is InChI=1S/C24H26N4O2/c1-5-13-26-20-11-10-17-18(20)7-6-8-19(17)23-27-24(30-28-23)16-9-12-22(29-15(2)3)21(14-16)25-4/h6-9,12,14-15,20,26H,5,10-11,13H2,1-3H3/t20-/m0/s1/i6D,7D,8D,9D,10D2,11D2,12D,14D,20D. The van der Waals surface area contributed by atoms with Gasteiger partial charge in [0, 0.05) is 24.0 Å². The second-order valence-electron chi connectivity index (χ2n) is 6.68. The molecule has 3 aromatic rings. The van der Waals surface area contributed by atoms with E-state index in [1.54, 1.807) is 20.8 Å². The summed E-state index contributed by atoms with van der Waals surface area (Å²) in [6.07, 6.45) is -5.91. The minimum absolute atomic E-state index is 0.101. The first-order valence-corrected chi connectivity index (χ1v) is 9.41. The average molecular weight is 414 g/mol. The zero-order valence-corrected chi connectivity index (χ0v) is 16.6. The number of benzene rings is 2. The summed E-state index contributed by atoms with van der Waals surface area (Å²) in [5, 5.41) is 6.45. The molecule has 1 heterocycles. The topological polar surface area (TPSA) is 64.5 Å². The van der Waals surface area contributed by atoms with Crippen molar-refractivity contribution in [3.63, 3.8) is 0 Å². The predicted octanol–water partition coefficient (Wildman–Crippen LogP) is 5.73. The van der Waals surface area contributed by atoms with Crippen molar-refractivity contribution < 1.29 is 24.3 Å². The SMILES string of the molecule is [2H]c1c([2H])c(-c2noc(-c3c([2H])c([2H])c(OC(C)C)c([N+]#[C-])c3[2H])n2)c2c(c1[2H])[C@@]([2H])(NCCC)C([2H])([2H])C2([2H])[2H]. The maximum atomic E-state index is 8.96. The molecule has 0 amide bonds. The van der Waals surface area contributed by atoms with Crippen molar-refractivity contribution in [2.45, 2.75) is 52.1 Å². The van der Waals surface area contributed by atoms with Crippen LogP contribution in [0.15, 0.2) is 40.8 Å². The van der Waals surface area contributed by atoms with Gasteiger partial charge >= 0.3 is 0 Å². The maximum absolute atomic E-state index is 8.96. The number of fused-ring (bicyclic) bond motifs is 1. The molecule has 0 unspecified atom stereocenters. The molecular weight excluding hydrogens is 376 g/mol. The van der Waals surface area contributed by atoms with E-state index in [2.05, 4.69) is 20.3 Å². The second-order valence-corrected chi connectivity index (χ2v) is 6.68. The number of hydrogen-bond donors (Lipinski definition) is 1. The quantitative estimate of drug-likeness (QED) is 0.501. The van der Waals surface area contributed by atoms with Crippen LogP contribution in [0.2, 0.25) is 0 Å². The van der Waals surface area contributed by atoms with Gasteiger partial charge in [-0.1, -0.05) is 30.2 Å². The first-order valence-electron chi connectivity index (χ1n) is 14.9. The minimum atomic E-state index is -2.96. The van der Waals surface area contributed by atoms with E-state index in [0.717, 1.165) is 0 Å². The van der Waals surface area contributed by atoms with Crippen molar-refractivity contribution in [2.75, 3.05) is 6.54 Å². The molecule has 0 saturated heterocycles. The monoisotopic (exact) mass is 413 g/mol. The van der Waals surface area contributed by atoms with Gasteiger partial charge in [0.2, 0.25) is 11.5 Å². The summed E-state index contributed by atoms with van der Waals surface area (Å²) in [7, 11) is 0. The third-order valence-electron chi connectivity index (χ3n) is 4.08. The van der Waals surface area contributed by atoms with E-state index in [1.807, 2.05) is 0 Å². The Morgan fingerprint density at radius 2 is 2.30 bits per heavy atom. The summed E-state index contributed by atoms with van der Waals surface area (Å²) in [5.41, 5.74) is -2.26. The van der Waals surface area contributed by atoms with Crippen molar-refractivity contribution in [3.05, 3.63) is 58.8 Å². The molecule has 0 fully saturated rings. The molecule has 6 nitrogen and oxygen atoms in total. The van der Waals surface area contributed by atoms with Gasteiger partial charge in [0.25, 0.3) is 5.89 Å². The van der Waals surface area contributed by atoms with Gasteiger partial charge in [-0.15, -0.1) is 0 Å². The lowest BCUT2D eigenvalue weighted by Crippen LogP contribution is -2.19. The fourth-order valence-corrected chi connectivity index (χ4v) is 2.77. The van der Waals surface area contributed by atoms with Crippen LogP contribution in [0.25, 0.3) is 27.7 Å². The molecule has 1 N–H and O–H groups in total. The molecule has 0 bridgehead atoms. The smallest absolute Gasteiger partial charge is 0.256 e. The van der Waals surface area contributed by atoms with Gasteiger partial charge in [0.1, 0.15) is 5.75 Å². The molecule has 4 rings (SSSR count). The zero-order valence-electron chi connectivity index (χ0n) is 27.6. The lowest BCUT2D eigenvalue weighted by Gasteiger charge is -2.13. The molecule has 30 heavy (non-hydrogen) atoms. The van der Waals surface area contributed by atoms with E-state index in [4.69, 9.17) is 30.9 Å². The highest BCUT2D eigenvalue weighted by Gasteiger charge is 2.26. The van der Waals surface area contributed by atoms with Crippen molar-refractivity contribution in [2.24, 2.45) is 0 Å². The first kappa shape index (κ1) is 10.7. The van der Waals surface area contributed by atoms with Crippen LogP contribution in [-0.2, 0) is 6.37 Å². The van der Waals surface area contributed by atoms with E-state index < -0.39 is 89.5 Å². The fraction of sp³-hybridized carbons (Fsp3) is 0.375. The summed E-state index contributed by atoms with van der Waals surface area (Å²) in [5.74, 6) is -1.28. The largest absolute Gasteiger partial charge is 0.502 e. The Hall–Kier alpha value is -3.17. The third kappa shape index (κ3) is 3.94. The van der Waals surface area contributed by atoms with Crippen LogP contribution in [0.5, 0.6) is 5.75 Å². The van der Waals surface area contributed by atoms with E-state index in [1.165, 1.54) is 0 Å². The Kier molecular flexibility index (Phi) is 3.11. The van der Waals surface area contributed by atoms with Crippen molar-refractivity contribution in [3.8, 4) is 28.6 Å². The number of nitrogens with one attached hydrogen (secondary N) is 1. The van der Waals surface area contributed by atoms with E-state index in [-0.39, 0.29) is 23.5 Å². The number of rotatable bonds is 7. The molecule has 0 saturated carbocycles. The predicted molar refractivity (Wildman–Crippen MR) is 117 cm³/mol. The average Bonchev–Trinajstić information content (AvgIpc) is 3.41. The van der Waals surface area contributed by atoms with Crippen LogP contribution in [0, 0.1) is 6.57 Å². The molecule has 0 aliphatic heterocycles. The summed E-state index contributed by atoms with van der Waals surface area (Å²) in [6.45, 7) is 12.7. The van der Waals surface area contributed by atoms with E-state index in [9.17, 15) is 0 Å². The Labute approximate surface area is 192 Å². The van der Waals surface area contributed by atoms with Crippen molar-refractivity contribution in [1.29, 1.82) is 0 Å². The molecule has 1 atom stereocenters. The molecule has 2 aromatic carbocycles. The minimum Gasteiger partial charge on any atom is -0.502 e. The van der Waals surface area contributed by atoms with Crippen LogP contribution in [0.1, 0.15) is 65.8 Å². The highest BCUT2D eigenvalue weighted by molar-refractivity contribution is 5.70. The molecule has 0 radical (unpaired) electrons. The number of nitrogens with zero attached hydrogens (tertiary/aromatic N) is 3. The number of hydrogen-bond acceptors (Lipinski definition) is 5. The van der Waals surface area contributed by atoms with Gasteiger partial charge in [-0.25, -0.2) is 4.85 Å². The molecule has 1 aromatic heterocycles. The lowest BCUT2D eigenvalue weighted by atomic mass is 10.0. The van der Waals surface area contributed by atoms with E-state index in [0.29, 0.717) is 6.42 Å². The summed E-state index contributed by atoms with van der Waals surface area (Å²) >= 11 is 0. The van der Waals surface area contributed by atoms with Crippen LogP contribution >= 0.6 is 0 Å². The molecular formula is C24H26N4O2. The molecule has 6 heteroatoms. The van der Waals surface area contributed by atoms with Gasteiger partial charge < -0.3 is 14.6 Å². The molecule has 154 valence electrons. The van der Waals surface area contributed by atoms with Gasteiger partial charge in [-0.3, -0.25) is 0 Å². The number of aromatic nitrogens is 2. The van der Waals surface area contributed by atoms with Crippen LogP contribution in [0.3, 0.4) is 0 Å². The molecule has 1 aliphatic rings. The highest BCUT2D eigenvalue weighted by Crippen LogP contribution is 2.38. The second kappa shape index (κ2) is 8.68. The summed E-state index contributed by atoms with van der Waals surface area (Å²) in [6, 6.07) is -6.21. The van der Waals surface area contributed by atoms with Gasteiger partial charge in [0.15, 0.2) is 0 Å². The molecule has 1 aliphatic carbocycles. The summed E-state index contributed by atoms with van der Waals surface area (Å²) < 4.78 is 105. The fourth-order valence-electron chi connectivity index (χ4n) is 2.77. The van der Waals surface area contributed by atoms with Gasteiger partial charge in [0.05, 0.1) is 20.9 Å². The highest BCUT2D eigenvalue weighted by atomic mass is 16.5. The normalized spacial score (nSPS) is 26.3. The Balaban J connectivity index is 2.02. The van der Waals surface area contributed by atoms with E-state index >= 15 is 0 Å². The first-order chi connectivity index (χ1) is 19.0. The number of ether oxygens (including phenoxy) is 1. The zero-order chi connectivity index (χ0) is 30.8. The van der Waals surface area contributed by atoms with Gasteiger partial charge in [-0.2, -0.15) is 4.98 Å². The third-order valence-corrected chi connectivity index (χ3v) is 4.08.